The minimum atomic E-state index is 0.200. The highest BCUT2D eigenvalue weighted by Crippen LogP contribution is 2.10. The Morgan fingerprint density at radius 1 is 1.38 bits per heavy atom. The lowest BCUT2D eigenvalue weighted by molar-refractivity contribution is -0.118. The van der Waals surface area contributed by atoms with Gasteiger partial charge in [-0.3, -0.25) is 4.79 Å². The van der Waals surface area contributed by atoms with Crippen molar-refractivity contribution in [3.63, 3.8) is 0 Å². The molecule has 2 N–H and O–H groups in total. The summed E-state index contributed by atoms with van der Waals surface area (Å²) in [6.45, 7) is 4.02. The standard InChI is InChI=1S/C14H21NO/c1-11-6-3-4-8-13(11)10-14(16)9-5-7-12(2)15/h3-4,6,8,12H,5,7,9-10,15H2,1-2H3. The molecule has 1 atom stereocenters. The van der Waals surface area contributed by atoms with Crippen LogP contribution in [-0.2, 0) is 11.2 Å². The van der Waals surface area contributed by atoms with E-state index in [1.807, 2.05) is 38.1 Å². The van der Waals surface area contributed by atoms with Gasteiger partial charge in [-0.05, 0) is 37.8 Å². The van der Waals surface area contributed by atoms with Crippen LogP contribution in [0.3, 0.4) is 0 Å². The van der Waals surface area contributed by atoms with Gasteiger partial charge in [-0.2, -0.15) is 0 Å². The maximum atomic E-state index is 11.7. The fourth-order valence-electron chi connectivity index (χ4n) is 1.73. The number of rotatable bonds is 6. The van der Waals surface area contributed by atoms with Crippen molar-refractivity contribution in [1.82, 2.24) is 0 Å². The van der Waals surface area contributed by atoms with E-state index in [0.29, 0.717) is 18.6 Å². The van der Waals surface area contributed by atoms with Crippen LogP contribution in [0.5, 0.6) is 0 Å². The first-order valence-electron chi connectivity index (χ1n) is 5.91. The van der Waals surface area contributed by atoms with Crippen molar-refractivity contribution >= 4 is 5.78 Å². The molecule has 88 valence electrons. The lowest BCUT2D eigenvalue weighted by atomic mass is 10.0. The van der Waals surface area contributed by atoms with Gasteiger partial charge in [-0.1, -0.05) is 24.3 Å². The fraction of sp³-hybridized carbons (Fsp3) is 0.500. The van der Waals surface area contributed by atoms with E-state index in [9.17, 15) is 4.79 Å². The van der Waals surface area contributed by atoms with Crippen molar-refractivity contribution in [2.75, 3.05) is 0 Å². The van der Waals surface area contributed by atoms with E-state index in [1.165, 1.54) is 5.56 Å². The number of benzene rings is 1. The van der Waals surface area contributed by atoms with Crippen molar-refractivity contribution < 1.29 is 4.79 Å². The number of carbonyl (C=O) groups excluding carboxylic acids is 1. The second kappa shape index (κ2) is 6.44. The van der Waals surface area contributed by atoms with Gasteiger partial charge in [-0.15, -0.1) is 0 Å². The first-order valence-corrected chi connectivity index (χ1v) is 5.91. The molecule has 0 aliphatic rings. The zero-order valence-corrected chi connectivity index (χ0v) is 10.2. The Labute approximate surface area is 97.9 Å². The molecule has 0 saturated heterocycles. The predicted octanol–water partition coefficient (Wildman–Crippen LogP) is 2.62. The summed E-state index contributed by atoms with van der Waals surface area (Å²) < 4.78 is 0. The van der Waals surface area contributed by atoms with Gasteiger partial charge in [0.15, 0.2) is 0 Å². The van der Waals surface area contributed by atoms with Gasteiger partial charge in [0.25, 0.3) is 0 Å². The highest BCUT2D eigenvalue weighted by atomic mass is 16.1. The molecule has 0 amide bonds. The molecule has 1 aromatic carbocycles. The average molecular weight is 219 g/mol. The SMILES string of the molecule is Cc1ccccc1CC(=O)CCCC(C)N. The Bertz CT molecular complexity index is 344. The summed E-state index contributed by atoms with van der Waals surface area (Å²) in [5.74, 6) is 0.315. The van der Waals surface area contributed by atoms with Gasteiger partial charge in [0.1, 0.15) is 5.78 Å². The van der Waals surface area contributed by atoms with Crippen LogP contribution < -0.4 is 5.73 Å². The molecule has 0 saturated carbocycles. The molecule has 0 aromatic heterocycles. The van der Waals surface area contributed by atoms with Gasteiger partial charge in [-0.25, -0.2) is 0 Å². The molecule has 1 unspecified atom stereocenters. The summed E-state index contributed by atoms with van der Waals surface area (Å²) in [6.07, 6.45) is 3.05. The first kappa shape index (κ1) is 12.9. The van der Waals surface area contributed by atoms with Gasteiger partial charge in [0, 0.05) is 18.9 Å². The van der Waals surface area contributed by atoms with E-state index < -0.39 is 0 Å². The van der Waals surface area contributed by atoms with Crippen LogP contribution in [0.15, 0.2) is 24.3 Å². The highest BCUT2D eigenvalue weighted by Gasteiger charge is 2.06. The van der Waals surface area contributed by atoms with Crippen LogP contribution in [0.1, 0.15) is 37.3 Å². The lowest BCUT2D eigenvalue weighted by Crippen LogP contribution is -2.15. The molecule has 2 heteroatoms. The molecular formula is C14H21NO. The second-order valence-corrected chi connectivity index (χ2v) is 4.51. The third-order valence-electron chi connectivity index (χ3n) is 2.76. The number of hydrogen-bond donors (Lipinski definition) is 1. The largest absolute Gasteiger partial charge is 0.328 e. The van der Waals surface area contributed by atoms with Crippen LogP contribution in [-0.4, -0.2) is 11.8 Å². The monoisotopic (exact) mass is 219 g/mol. The molecule has 0 aliphatic carbocycles. The Kier molecular flexibility index (Phi) is 5.20. The molecule has 0 aliphatic heterocycles. The summed E-state index contributed by atoms with van der Waals surface area (Å²) in [6, 6.07) is 8.26. The number of aryl methyl sites for hydroxylation is 1. The van der Waals surface area contributed by atoms with Gasteiger partial charge in [0.2, 0.25) is 0 Å². The van der Waals surface area contributed by atoms with Gasteiger partial charge < -0.3 is 5.73 Å². The second-order valence-electron chi connectivity index (χ2n) is 4.51. The zero-order valence-electron chi connectivity index (χ0n) is 10.2. The van der Waals surface area contributed by atoms with Crippen LogP contribution >= 0.6 is 0 Å². The van der Waals surface area contributed by atoms with E-state index in [0.717, 1.165) is 18.4 Å². The van der Waals surface area contributed by atoms with Crippen LogP contribution in [0.2, 0.25) is 0 Å². The molecule has 1 rings (SSSR count). The third kappa shape index (κ3) is 4.58. The maximum Gasteiger partial charge on any atom is 0.137 e. The Hall–Kier alpha value is -1.15. The van der Waals surface area contributed by atoms with E-state index >= 15 is 0 Å². The van der Waals surface area contributed by atoms with Crippen molar-refractivity contribution in [2.45, 2.75) is 45.6 Å². The number of carbonyl (C=O) groups is 1. The topological polar surface area (TPSA) is 43.1 Å². The van der Waals surface area contributed by atoms with Crippen LogP contribution in [0.25, 0.3) is 0 Å². The fourth-order valence-corrected chi connectivity index (χ4v) is 1.73. The molecule has 2 nitrogen and oxygen atoms in total. The minimum Gasteiger partial charge on any atom is -0.328 e. The number of nitrogens with two attached hydrogens (primary N) is 1. The summed E-state index contributed by atoms with van der Waals surface area (Å²) in [5.41, 5.74) is 7.99. The highest BCUT2D eigenvalue weighted by molar-refractivity contribution is 5.81. The molecule has 0 radical (unpaired) electrons. The molecule has 0 fully saturated rings. The molecule has 0 spiro atoms. The number of hydrogen-bond acceptors (Lipinski definition) is 2. The Morgan fingerprint density at radius 2 is 2.06 bits per heavy atom. The van der Waals surface area contributed by atoms with Crippen molar-refractivity contribution in [1.29, 1.82) is 0 Å². The third-order valence-corrected chi connectivity index (χ3v) is 2.76. The molecule has 0 heterocycles. The van der Waals surface area contributed by atoms with Crippen molar-refractivity contribution in [3.8, 4) is 0 Å². The molecular weight excluding hydrogens is 198 g/mol. The molecule has 0 bridgehead atoms. The van der Waals surface area contributed by atoms with E-state index in [2.05, 4.69) is 0 Å². The Balaban J connectivity index is 2.37. The van der Waals surface area contributed by atoms with Crippen molar-refractivity contribution in [3.05, 3.63) is 35.4 Å². The smallest absolute Gasteiger partial charge is 0.137 e. The lowest BCUT2D eigenvalue weighted by Gasteiger charge is -2.06. The average Bonchev–Trinajstić information content (AvgIpc) is 2.21. The number of ketones is 1. The predicted molar refractivity (Wildman–Crippen MR) is 67.4 cm³/mol. The van der Waals surface area contributed by atoms with E-state index in [1.54, 1.807) is 0 Å². The molecule has 1 aromatic rings. The zero-order chi connectivity index (χ0) is 12.0. The quantitative estimate of drug-likeness (QED) is 0.799. The van der Waals surface area contributed by atoms with E-state index in [4.69, 9.17) is 5.73 Å². The van der Waals surface area contributed by atoms with Crippen LogP contribution in [0.4, 0.5) is 0 Å². The van der Waals surface area contributed by atoms with E-state index in [-0.39, 0.29) is 6.04 Å². The first-order chi connectivity index (χ1) is 7.59. The summed E-state index contributed by atoms with van der Waals surface area (Å²) in [5, 5.41) is 0. The summed E-state index contributed by atoms with van der Waals surface area (Å²) in [7, 11) is 0. The maximum absolute atomic E-state index is 11.7. The van der Waals surface area contributed by atoms with Crippen molar-refractivity contribution in [2.24, 2.45) is 5.73 Å². The number of Topliss-reactive ketones (excluding diaryl/α,β-unsaturated/α-hetero) is 1. The minimum absolute atomic E-state index is 0.200. The summed E-state index contributed by atoms with van der Waals surface area (Å²) in [4.78, 5) is 11.7. The normalized spacial score (nSPS) is 12.4. The van der Waals surface area contributed by atoms with Gasteiger partial charge in [0.05, 0.1) is 0 Å². The van der Waals surface area contributed by atoms with Gasteiger partial charge >= 0.3 is 0 Å². The summed E-state index contributed by atoms with van der Waals surface area (Å²) >= 11 is 0. The van der Waals surface area contributed by atoms with Crippen LogP contribution in [0, 0.1) is 6.92 Å². The molecule has 16 heavy (non-hydrogen) atoms. The Morgan fingerprint density at radius 3 is 2.69 bits per heavy atom.